The van der Waals surface area contributed by atoms with Gasteiger partial charge in [0.2, 0.25) is 5.75 Å². The van der Waals surface area contributed by atoms with E-state index in [4.69, 9.17) is 18.9 Å². The van der Waals surface area contributed by atoms with E-state index in [2.05, 4.69) is 15.5 Å². The molecule has 8 nitrogen and oxygen atoms in total. The van der Waals surface area contributed by atoms with Crippen LogP contribution in [0.3, 0.4) is 0 Å². The SMILES string of the molecule is COc1cc(NC(=O)Nc2ccccc2N2CCOCC2)cc(OC)c1OC. The van der Waals surface area contributed by atoms with Crippen LogP contribution in [0.4, 0.5) is 21.9 Å². The zero-order chi connectivity index (χ0) is 19.9. The number of carbonyl (C=O) groups is 1. The predicted molar refractivity (Wildman–Crippen MR) is 108 cm³/mol. The van der Waals surface area contributed by atoms with Gasteiger partial charge in [0.25, 0.3) is 0 Å². The van der Waals surface area contributed by atoms with Crippen molar-refractivity contribution in [1.82, 2.24) is 0 Å². The minimum Gasteiger partial charge on any atom is -0.493 e. The van der Waals surface area contributed by atoms with Gasteiger partial charge in [-0.2, -0.15) is 0 Å². The fourth-order valence-corrected chi connectivity index (χ4v) is 3.10. The van der Waals surface area contributed by atoms with Gasteiger partial charge in [-0.05, 0) is 12.1 Å². The summed E-state index contributed by atoms with van der Waals surface area (Å²) >= 11 is 0. The Hall–Kier alpha value is -3.13. The van der Waals surface area contributed by atoms with Gasteiger partial charge < -0.3 is 34.5 Å². The number of hydrogen-bond donors (Lipinski definition) is 2. The van der Waals surface area contributed by atoms with E-state index in [1.165, 1.54) is 21.3 Å². The Kier molecular flexibility index (Phi) is 6.44. The summed E-state index contributed by atoms with van der Waals surface area (Å²) in [6.45, 7) is 2.91. The van der Waals surface area contributed by atoms with E-state index < -0.39 is 0 Å². The summed E-state index contributed by atoms with van der Waals surface area (Å²) in [5.41, 5.74) is 2.22. The van der Waals surface area contributed by atoms with Crippen molar-refractivity contribution >= 4 is 23.1 Å². The van der Waals surface area contributed by atoms with Gasteiger partial charge in [-0.3, -0.25) is 0 Å². The van der Waals surface area contributed by atoms with E-state index in [-0.39, 0.29) is 6.03 Å². The van der Waals surface area contributed by atoms with E-state index >= 15 is 0 Å². The number of benzene rings is 2. The molecule has 0 unspecified atom stereocenters. The number of nitrogens with one attached hydrogen (secondary N) is 2. The van der Waals surface area contributed by atoms with Crippen molar-refractivity contribution in [1.29, 1.82) is 0 Å². The van der Waals surface area contributed by atoms with Gasteiger partial charge in [-0.25, -0.2) is 4.79 Å². The topological polar surface area (TPSA) is 81.3 Å². The van der Waals surface area contributed by atoms with Crippen LogP contribution in [0, 0.1) is 0 Å². The number of carbonyl (C=O) groups excluding carboxylic acids is 1. The number of morpholine rings is 1. The number of para-hydroxylation sites is 2. The predicted octanol–water partition coefficient (Wildman–Crippen LogP) is 3.19. The molecule has 0 bridgehead atoms. The summed E-state index contributed by atoms with van der Waals surface area (Å²) in [6.07, 6.45) is 0. The smallest absolute Gasteiger partial charge is 0.323 e. The molecule has 2 aromatic carbocycles. The molecule has 3 rings (SSSR count). The molecule has 28 heavy (non-hydrogen) atoms. The first-order valence-corrected chi connectivity index (χ1v) is 8.96. The second kappa shape index (κ2) is 9.18. The van der Waals surface area contributed by atoms with Crippen molar-refractivity contribution in [3.63, 3.8) is 0 Å². The molecule has 1 fully saturated rings. The minimum atomic E-state index is -0.366. The van der Waals surface area contributed by atoms with Crippen LogP contribution in [-0.4, -0.2) is 53.7 Å². The average molecular weight is 387 g/mol. The van der Waals surface area contributed by atoms with Crippen molar-refractivity contribution in [2.45, 2.75) is 0 Å². The van der Waals surface area contributed by atoms with Gasteiger partial charge in [0, 0.05) is 25.2 Å². The first-order chi connectivity index (χ1) is 13.7. The van der Waals surface area contributed by atoms with Crippen LogP contribution in [0.5, 0.6) is 17.2 Å². The van der Waals surface area contributed by atoms with E-state index in [9.17, 15) is 4.79 Å². The molecule has 8 heteroatoms. The maximum absolute atomic E-state index is 12.6. The summed E-state index contributed by atoms with van der Waals surface area (Å²) in [6, 6.07) is 10.7. The third-order valence-corrected chi connectivity index (χ3v) is 4.43. The monoisotopic (exact) mass is 387 g/mol. The number of anilines is 3. The van der Waals surface area contributed by atoms with Crippen molar-refractivity contribution < 1.29 is 23.7 Å². The van der Waals surface area contributed by atoms with E-state index in [0.717, 1.165) is 24.5 Å². The molecule has 2 N–H and O–H groups in total. The molecule has 0 saturated carbocycles. The molecule has 2 aromatic rings. The number of methoxy groups -OCH3 is 3. The van der Waals surface area contributed by atoms with Crippen LogP contribution in [0.15, 0.2) is 36.4 Å². The summed E-state index contributed by atoms with van der Waals surface area (Å²) in [7, 11) is 4.59. The number of urea groups is 1. The third-order valence-electron chi connectivity index (χ3n) is 4.43. The number of ether oxygens (including phenoxy) is 4. The van der Waals surface area contributed by atoms with Crippen LogP contribution < -0.4 is 29.7 Å². The summed E-state index contributed by atoms with van der Waals surface area (Å²) < 4.78 is 21.4. The summed E-state index contributed by atoms with van der Waals surface area (Å²) in [4.78, 5) is 14.8. The molecular formula is C20H25N3O5. The lowest BCUT2D eigenvalue weighted by Gasteiger charge is -2.30. The molecule has 1 aliphatic rings. The minimum absolute atomic E-state index is 0.366. The number of hydrogen-bond acceptors (Lipinski definition) is 6. The van der Waals surface area contributed by atoms with Gasteiger partial charge in [0.15, 0.2) is 11.5 Å². The summed E-state index contributed by atoms with van der Waals surface area (Å²) in [5, 5.41) is 5.73. The quantitative estimate of drug-likeness (QED) is 0.792. The fraction of sp³-hybridized carbons (Fsp3) is 0.350. The molecule has 0 aromatic heterocycles. The van der Waals surface area contributed by atoms with Crippen molar-refractivity contribution in [2.75, 3.05) is 63.2 Å². The van der Waals surface area contributed by atoms with Crippen LogP contribution >= 0.6 is 0 Å². The highest BCUT2D eigenvalue weighted by Gasteiger charge is 2.17. The maximum Gasteiger partial charge on any atom is 0.323 e. The fourth-order valence-electron chi connectivity index (χ4n) is 3.10. The Morgan fingerprint density at radius 1 is 0.964 bits per heavy atom. The molecule has 0 aliphatic carbocycles. The Bertz CT molecular complexity index is 796. The lowest BCUT2D eigenvalue weighted by Crippen LogP contribution is -2.37. The number of amides is 2. The van der Waals surface area contributed by atoms with Crippen molar-refractivity contribution in [2.24, 2.45) is 0 Å². The average Bonchev–Trinajstić information content (AvgIpc) is 2.73. The standard InChI is InChI=1S/C20H25N3O5/c1-25-17-12-14(13-18(26-2)19(17)27-3)21-20(24)22-15-6-4-5-7-16(15)23-8-10-28-11-9-23/h4-7,12-13H,8-11H2,1-3H3,(H2,21,22,24). The van der Waals surface area contributed by atoms with E-state index in [1.807, 2.05) is 24.3 Å². The number of nitrogens with zero attached hydrogens (tertiary/aromatic N) is 1. The van der Waals surface area contributed by atoms with Gasteiger partial charge in [-0.15, -0.1) is 0 Å². The Balaban J connectivity index is 1.76. The second-order valence-electron chi connectivity index (χ2n) is 6.11. The van der Waals surface area contributed by atoms with Gasteiger partial charge in [0.05, 0.1) is 51.6 Å². The van der Waals surface area contributed by atoms with Gasteiger partial charge >= 0.3 is 6.03 Å². The summed E-state index contributed by atoms with van der Waals surface area (Å²) in [5.74, 6) is 1.39. The molecule has 0 radical (unpaired) electrons. The van der Waals surface area contributed by atoms with Crippen molar-refractivity contribution in [3.05, 3.63) is 36.4 Å². The molecule has 1 saturated heterocycles. The van der Waals surface area contributed by atoms with Crippen LogP contribution in [0.1, 0.15) is 0 Å². The van der Waals surface area contributed by atoms with E-state index in [1.54, 1.807) is 12.1 Å². The Morgan fingerprint density at radius 2 is 1.61 bits per heavy atom. The molecular weight excluding hydrogens is 362 g/mol. The van der Waals surface area contributed by atoms with Crippen molar-refractivity contribution in [3.8, 4) is 17.2 Å². The normalized spacial score (nSPS) is 13.6. The van der Waals surface area contributed by atoms with Gasteiger partial charge in [-0.1, -0.05) is 12.1 Å². The zero-order valence-corrected chi connectivity index (χ0v) is 16.3. The zero-order valence-electron chi connectivity index (χ0n) is 16.3. The number of rotatable bonds is 6. The van der Waals surface area contributed by atoms with Crippen LogP contribution in [-0.2, 0) is 4.74 Å². The third kappa shape index (κ3) is 4.40. The van der Waals surface area contributed by atoms with Gasteiger partial charge in [0.1, 0.15) is 0 Å². The second-order valence-corrected chi connectivity index (χ2v) is 6.11. The van der Waals surface area contributed by atoms with Crippen LogP contribution in [0.25, 0.3) is 0 Å². The molecule has 0 spiro atoms. The molecule has 1 heterocycles. The molecule has 150 valence electrons. The molecule has 0 atom stereocenters. The first kappa shape index (κ1) is 19.6. The largest absolute Gasteiger partial charge is 0.493 e. The van der Waals surface area contributed by atoms with E-state index in [0.29, 0.717) is 36.1 Å². The molecule has 2 amide bonds. The maximum atomic E-state index is 12.6. The van der Waals surface area contributed by atoms with Crippen LogP contribution in [0.2, 0.25) is 0 Å². The Labute approximate surface area is 164 Å². The Morgan fingerprint density at radius 3 is 2.21 bits per heavy atom. The highest BCUT2D eigenvalue weighted by molar-refractivity contribution is 6.02. The highest BCUT2D eigenvalue weighted by atomic mass is 16.5. The molecule has 1 aliphatic heterocycles. The first-order valence-electron chi connectivity index (χ1n) is 8.96. The highest BCUT2D eigenvalue weighted by Crippen LogP contribution is 2.40. The lowest BCUT2D eigenvalue weighted by atomic mass is 10.2. The lowest BCUT2D eigenvalue weighted by molar-refractivity contribution is 0.123.